The van der Waals surface area contributed by atoms with E-state index < -0.39 is 0 Å². The highest BCUT2D eigenvalue weighted by molar-refractivity contribution is 5.79. The van der Waals surface area contributed by atoms with Gasteiger partial charge in [0.05, 0.1) is 0 Å². The molecule has 4 heteroatoms. The maximum absolute atomic E-state index is 4.62. The van der Waals surface area contributed by atoms with Crippen LogP contribution >= 0.6 is 0 Å². The van der Waals surface area contributed by atoms with Crippen LogP contribution in [0.25, 0.3) is 0 Å². The lowest BCUT2D eigenvalue weighted by Crippen LogP contribution is -2.33. The van der Waals surface area contributed by atoms with Crippen LogP contribution in [0, 0.1) is 61.2 Å². The van der Waals surface area contributed by atoms with Gasteiger partial charge in [0.25, 0.3) is 0 Å². The molecule has 318 valence electrons. The van der Waals surface area contributed by atoms with Crippen molar-refractivity contribution in [2.75, 3.05) is 19.6 Å². The molecule has 1 aromatic heterocycles. The van der Waals surface area contributed by atoms with Crippen molar-refractivity contribution < 1.29 is 4.57 Å². The first-order chi connectivity index (χ1) is 29.4. The number of hydrogen-bond donors (Lipinski definition) is 0. The van der Waals surface area contributed by atoms with Crippen molar-refractivity contribution in [3.63, 3.8) is 0 Å². The lowest BCUT2D eigenvalue weighted by atomic mass is 9.98. The van der Waals surface area contributed by atoms with Gasteiger partial charge in [-0.25, -0.2) is 4.57 Å². The van der Waals surface area contributed by atoms with Gasteiger partial charge in [0.15, 0.2) is 12.4 Å². The molecule has 4 nitrogen and oxygen atoms in total. The molecule has 0 aliphatic rings. The van der Waals surface area contributed by atoms with Crippen LogP contribution in [0.3, 0.4) is 0 Å². The molecule has 0 N–H and O–H groups in total. The molecule has 2 rings (SSSR count). The Bertz CT molecular complexity index is 2260. The average molecular weight is 812 g/mol. The van der Waals surface area contributed by atoms with E-state index >= 15 is 0 Å². The van der Waals surface area contributed by atoms with Gasteiger partial charge in [-0.2, -0.15) is 0 Å². The van der Waals surface area contributed by atoms with E-state index in [4.69, 9.17) is 0 Å². The summed E-state index contributed by atoms with van der Waals surface area (Å²) in [5.41, 5.74) is 13.3. The highest BCUT2D eigenvalue weighted by Crippen LogP contribution is 2.16. The van der Waals surface area contributed by atoms with Gasteiger partial charge in [0.1, 0.15) is 6.54 Å². The molecule has 0 bridgehead atoms. The minimum absolute atomic E-state index is 0.733. The summed E-state index contributed by atoms with van der Waals surface area (Å²) in [5.74, 6) is 27.5. The smallest absolute Gasteiger partial charge is 0.171 e. The summed E-state index contributed by atoms with van der Waals surface area (Å²) in [5, 5.41) is 0. The molecule has 0 fully saturated rings. The molecule has 1 heterocycles. The standard InChI is InChI=1S/C57H71N4/c1-12-46(4)35-49(7)41-58-31-23-15-19-27-54-39-56(29-21-17-25-33-60-43-51(9)37-48(6)14-3)57(30-22-18-26-34-61-44-52(10)38-53(11)45-61)40-55(54)28-20-16-24-32-59-42-50(8)36-47(5)13-2/h12-14,35-45H,15-18,23-26,31-34H2,1-11H3/q+1/b46-12-,47-13-,48-14-,49-35-,50-36-,51-37-,58-41?,59-42?,60-43?. The molecule has 61 heavy (non-hydrogen) atoms. The maximum Gasteiger partial charge on any atom is 0.171 e. The second kappa shape index (κ2) is 31.0. The lowest BCUT2D eigenvalue weighted by molar-refractivity contribution is -0.697. The lowest BCUT2D eigenvalue weighted by Gasteiger charge is -2.04. The largest absolute Gasteiger partial charge is 0.293 e. The van der Waals surface area contributed by atoms with E-state index in [2.05, 4.69) is 189 Å². The zero-order chi connectivity index (χ0) is 44.7. The van der Waals surface area contributed by atoms with E-state index in [0.29, 0.717) is 0 Å². The predicted octanol–water partition coefficient (Wildman–Crippen LogP) is 12.8. The second-order valence-corrected chi connectivity index (χ2v) is 15.6. The zero-order valence-electron chi connectivity index (χ0n) is 39.4. The molecule has 0 aliphatic carbocycles. The van der Waals surface area contributed by atoms with Crippen molar-refractivity contribution in [2.24, 2.45) is 15.0 Å². The molecule has 0 amide bonds. The van der Waals surface area contributed by atoms with Crippen LogP contribution in [0.2, 0.25) is 0 Å². The number of hydrogen-bond acceptors (Lipinski definition) is 3. The summed E-state index contributed by atoms with van der Waals surface area (Å²) >= 11 is 0. The van der Waals surface area contributed by atoms with Crippen molar-refractivity contribution in [3.05, 3.63) is 134 Å². The molecule has 1 aromatic carbocycles. The van der Waals surface area contributed by atoms with Crippen molar-refractivity contribution in [1.82, 2.24) is 0 Å². The molecule has 0 atom stereocenters. The van der Waals surface area contributed by atoms with Gasteiger partial charge in [-0.15, -0.1) is 0 Å². The van der Waals surface area contributed by atoms with E-state index in [1.165, 1.54) is 27.8 Å². The van der Waals surface area contributed by atoms with Crippen molar-refractivity contribution in [1.29, 1.82) is 0 Å². The third kappa shape index (κ3) is 24.0. The fraction of sp³-hybridized carbons (Fsp3) is 0.404. The summed E-state index contributed by atoms with van der Waals surface area (Å²) < 4.78 is 2.26. The summed E-state index contributed by atoms with van der Waals surface area (Å²) in [7, 11) is 0. The Morgan fingerprint density at radius 1 is 0.459 bits per heavy atom. The van der Waals surface area contributed by atoms with E-state index in [1.54, 1.807) is 0 Å². The first kappa shape index (κ1) is 51.2. The van der Waals surface area contributed by atoms with E-state index in [9.17, 15) is 0 Å². The van der Waals surface area contributed by atoms with Crippen molar-refractivity contribution in [2.45, 2.75) is 134 Å². The van der Waals surface area contributed by atoms with Gasteiger partial charge in [-0.05, 0) is 130 Å². The highest BCUT2D eigenvalue weighted by Gasteiger charge is 2.06. The number of aromatic nitrogens is 1. The van der Waals surface area contributed by atoms with E-state index in [0.717, 1.165) is 117 Å². The van der Waals surface area contributed by atoms with Crippen molar-refractivity contribution >= 4 is 18.6 Å². The van der Waals surface area contributed by atoms with Gasteiger partial charge < -0.3 is 0 Å². The van der Waals surface area contributed by atoms with Crippen LogP contribution in [0.1, 0.15) is 147 Å². The number of rotatable bonds is 18. The fourth-order valence-corrected chi connectivity index (χ4v) is 5.96. The monoisotopic (exact) mass is 812 g/mol. The number of benzene rings is 1. The van der Waals surface area contributed by atoms with Crippen LogP contribution in [0.15, 0.2) is 115 Å². The van der Waals surface area contributed by atoms with Gasteiger partial charge >= 0.3 is 0 Å². The molecule has 0 aliphatic heterocycles. The van der Waals surface area contributed by atoms with Crippen LogP contribution in [0.4, 0.5) is 0 Å². The Morgan fingerprint density at radius 3 is 1.08 bits per heavy atom. The molecule has 0 radical (unpaired) electrons. The summed E-state index contributed by atoms with van der Waals surface area (Å²) in [6.45, 7) is 26.1. The molecule has 0 saturated heterocycles. The van der Waals surface area contributed by atoms with E-state index in [1.807, 2.05) is 39.4 Å². The molecule has 0 unspecified atom stereocenters. The second-order valence-electron chi connectivity index (χ2n) is 15.6. The highest BCUT2D eigenvalue weighted by atomic mass is 14.9. The number of aliphatic imine (C=N–C) groups is 3. The number of pyridine rings is 1. The third-order valence-electron chi connectivity index (χ3n) is 9.35. The normalized spacial score (nSPS) is 12.8. The Kier molecular flexibility index (Phi) is 26.0. The summed E-state index contributed by atoms with van der Waals surface area (Å²) in [4.78, 5) is 13.9. The predicted molar refractivity (Wildman–Crippen MR) is 267 cm³/mol. The minimum Gasteiger partial charge on any atom is -0.293 e. The Labute approximate surface area is 371 Å². The third-order valence-corrected chi connectivity index (χ3v) is 9.35. The molecule has 0 spiro atoms. The van der Waals surface area contributed by atoms with E-state index in [-0.39, 0.29) is 0 Å². The average Bonchev–Trinajstić information content (AvgIpc) is 3.22. The summed E-state index contributed by atoms with van der Waals surface area (Å²) in [6.07, 6.45) is 29.6. The molecular weight excluding hydrogens is 741 g/mol. The number of unbranched alkanes of at least 4 members (excludes halogenated alkanes) is 4. The van der Waals surface area contributed by atoms with Crippen LogP contribution in [-0.2, 0) is 6.54 Å². The molecular formula is C57H71N4+. The van der Waals surface area contributed by atoms with Crippen LogP contribution in [0.5, 0.6) is 0 Å². The quantitative estimate of drug-likeness (QED) is 0.0473. The first-order valence-corrected chi connectivity index (χ1v) is 22.0. The molecule has 0 saturated carbocycles. The number of nitrogens with zero attached hydrogens (tertiary/aromatic N) is 4. The first-order valence-electron chi connectivity index (χ1n) is 22.0. The molecule has 2 aromatic rings. The Morgan fingerprint density at radius 2 is 0.770 bits per heavy atom. The fourth-order valence-electron chi connectivity index (χ4n) is 5.96. The summed E-state index contributed by atoms with van der Waals surface area (Å²) in [6, 6.07) is 6.40. The Hall–Kier alpha value is -5.94. The number of aryl methyl sites for hydroxylation is 3. The topological polar surface area (TPSA) is 41.0 Å². The number of allylic oxidation sites excluding steroid dienone is 12. The maximum atomic E-state index is 4.62. The van der Waals surface area contributed by atoms with Gasteiger partial charge in [0, 0.05) is 104 Å². The van der Waals surface area contributed by atoms with Gasteiger partial charge in [0.2, 0.25) is 0 Å². The van der Waals surface area contributed by atoms with Crippen molar-refractivity contribution in [3.8, 4) is 47.4 Å². The van der Waals surface area contributed by atoms with Crippen LogP contribution < -0.4 is 4.57 Å². The Balaban J connectivity index is 2.40. The van der Waals surface area contributed by atoms with Crippen LogP contribution in [-0.4, -0.2) is 38.3 Å². The van der Waals surface area contributed by atoms with Gasteiger partial charge in [-0.3, -0.25) is 15.0 Å². The SMILES string of the molecule is C/C=C(C)\C=C(\C)C=NCCCC#Cc1cc(C#CCCCN=C/C(C)=C\C(C)=C/C)c(C#CCCC[n+]2cc(C)cc(C)c2)cc1C#CCCCN=C/C(C)=C\C(C)=C/C. The van der Waals surface area contributed by atoms with Gasteiger partial charge in [-0.1, -0.05) is 101 Å². The minimum atomic E-state index is 0.733. The zero-order valence-corrected chi connectivity index (χ0v) is 39.4.